The van der Waals surface area contributed by atoms with Crippen LogP contribution in [0, 0.1) is 0 Å². The van der Waals surface area contributed by atoms with E-state index >= 15 is 0 Å². The van der Waals surface area contributed by atoms with Gasteiger partial charge in [-0.2, -0.15) is 5.10 Å². The molecule has 0 aliphatic rings. The number of hydrogen-bond acceptors (Lipinski definition) is 3. The molecule has 0 radical (unpaired) electrons. The number of hydrogen-bond donors (Lipinski definition) is 1. The van der Waals surface area contributed by atoms with Crippen LogP contribution in [0.5, 0.6) is 0 Å². The Morgan fingerprint density at radius 1 is 1.67 bits per heavy atom. The van der Waals surface area contributed by atoms with Gasteiger partial charge in [-0.25, -0.2) is 4.79 Å². The highest BCUT2D eigenvalue weighted by molar-refractivity contribution is 5.93. The van der Waals surface area contributed by atoms with Gasteiger partial charge in [0.1, 0.15) is 5.56 Å². The lowest BCUT2D eigenvalue weighted by molar-refractivity contribution is 0.0697. The molecule has 0 bridgehead atoms. The number of carboxylic acid groups (broad SMARTS) is 1. The third-order valence-corrected chi connectivity index (χ3v) is 1.46. The summed E-state index contributed by atoms with van der Waals surface area (Å²) in [5, 5.41) is 12.7. The minimum Gasteiger partial charge on any atom is -0.477 e. The van der Waals surface area contributed by atoms with Crippen molar-refractivity contribution in [1.29, 1.82) is 0 Å². The predicted octanol–water partition coefficient (Wildman–Crippen LogP) is 0.184. The van der Waals surface area contributed by atoms with E-state index in [1.165, 1.54) is 10.9 Å². The fraction of sp³-hybridized carbons (Fsp3) is 0.429. The zero-order valence-corrected chi connectivity index (χ0v) is 7.27. The Morgan fingerprint density at radius 2 is 2.25 bits per heavy atom. The number of rotatable bonds is 2. The van der Waals surface area contributed by atoms with Crippen LogP contribution in [0.15, 0.2) is 6.20 Å². The number of carbonyl (C=O) groups is 1. The molecule has 0 saturated heterocycles. The van der Waals surface area contributed by atoms with Gasteiger partial charge in [0, 0.05) is 27.3 Å². The quantitative estimate of drug-likeness (QED) is 0.686. The number of nitrogens with zero attached hydrogens (tertiary/aromatic N) is 3. The van der Waals surface area contributed by atoms with E-state index in [2.05, 4.69) is 5.10 Å². The highest BCUT2D eigenvalue weighted by Crippen LogP contribution is 2.14. The molecule has 5 nitrogen and oxygen atoms in total. The van der Waals surface area contributed by atoms with Crippen molar-refractivity contribution in [3.63, 3.8) is 0 Å². The van der Waals surface area contributed by atoms with E-state index in [0.29, 0.717) is 5.82 Å². The molecule has 0 saturated carbocycles. The van der Waals surface area contributed by atoms with Gasteiger partial charge in [-0.15, -0.1) is 0 Å². The summed E-state index contributed by atoms with van der Waals surface area (Å²) in [4.78, 5) is 12.3. The summed E-state index contributed by atoms with van der Waals surface area (Å²) in [7, 11) is 5.21. The van der Waals surface area contributed by atoms with Crippen molar-refractivity contribution in [2.75, 3.05) is 19.0 Å². The fourth-order valence-electron chi connectivity index (χ4n) is 0.958. The summed E-state index contributed by atoms with van der Waals surface area (Å²) in [6.45, 7) is 0. The Kier molecular flexibility index (Phi) is 2.03. The van der Waals surface area contributed by atoms with Crippen LogP contribution in [0.2, 0.25) is 0 Å². The van der Waals surface area contributed by atoms with Crippen molar-refractivity contribution in [3.8, 4) is 0 Å². The molecule has 1 aromatic rings. The van der Waals surface area contributed by atoms with E-state index in [9.17, 15) is 4.79 Å². The highest BCUT2D eigenvalue weighted by atomic mass is 16.4. The van der Waals surface area contributed by atoms with Crippen molar-refractivity contribution in [3.05, 3.63) is 11.8 Å². The molecule has 5 heteroatoms. The fourth-order valence-corrected chi connectivity index (χ4v) is 0.958. The van der Waals surface area contributed by atoms with Crippen molar-refractivity contribution < 1.29 is 9.90 Å². The van der Waals surface area contributed by atoms with Gasteiger partial charge in [0.25, 0.3) is 0 Å². The van der Waals surface area contributed by atoms with Gasteiger partial charge in [0.15, 0.2) is 5.82 Å². The van der Waals surface area contributed by atoms with Gasteiger partial charge in [-0.3, -0.25) is 4.68 Å². The largest absolute Gasteiger partial charge is 0.477 e. The van der Waals surface area contributed by atoms with Crippen LogP contribution in [0.25, 0.3) is 0 Å². The molecule has 0 spiro atoms. The average Bonchev–Trinajstić information content (AvgIpc) is 2.31. The van der Waals surface area contributed by atoms with Gasteiger partial charge >= 0.3 is 5.97 Å². The summed E-state index contributed by atoms with van der Waals surface area (Å²) in [5.74, 6) is -0.475. The number of aryl methyl sites for hydroxylation is 1. The zero-order chi connectivity index (χ0) is 9.30. The smallest absolute Gasteiger partial charge is 0.341 e. The number of aromatic nitrogens is 2. The Bertz CT molecular complexity index is 304. The normalized spacial score (nSPS) is 9.92. The highest BCUT2D eigenvalue weighted by Gasteiger charge is 2.15. The minimum absolute atomic E-state index is 0.225. The van der Waals surface area contributed by atoms with Crippen LogP contribution >= 0.6 is 0 Å². The Hall–Kier alpha value is -1.52. The molecule has 0 unspecified atom stereocenters. The van der Waals surface area contributed by atoms with Crippen LogP contribution in [0.4, 0.5) is 5.82 Å². The second-order valence-electron chi connectivity index (χ2n) is 2.74. The Balaban J connectivity index is 3.17. The predicted molar refractivity (Wildman–Crippen MR) is 44.5 cm³/mol. The van der Waals surface area contributed by atoms with Crippen molar-refractivity contribution in [2.45, 2.75) is 0 Å². The molecule has 0 aromatic carbocycles. The zero-order valence-electron chi connectivity index (χ0n) is 7.27. The van der Waals surface area contributed by atoms with E-state index < -0.39 is 5.97 Å². The molecule has 66 valence electrons. The van der Waals surface area contributed by atoms with E-state index in [1.54, 1.807) is 26.0 Å². The van der Waals surface area contributed by atoms with E-state index in [-0.39, 0.29) is 5.56 Å². The maximum atomic E-state index is 10.7. The first-order valence-corrected chi connectivity index (χ1v) is 3.46. The molecule has 1 N–H and O–H groups in total. The van der Waals surface area contributed by atoms with Gasteiger partial charge in [0.2, 0.25) is 0 Å². The number of anilines is 1. The monoisotopic (exact) mass is 169 g/mol. The van der Waals surface area contributed by atoms with E-state index in [4.69, 9.17) is 5.11 Å². The van der Waals surface area contributed by atoms with Crippen molar-refractivity contribution in [2.24, 2.45) is 7.05 Å². The first-order valence-electron chi connectivity index (χ1n) is 3.46. The van der Waals surface area contributed by atoms with Crippen molar-refractivity contribution >= 4 is 11.8 Å². The second kappa shape index (κ2) is 2.84. The molecule has 0 aliphatic heterocycles. The molecule has 1 aromatic heterocycles. The molecule has 0 aliphatic carbocycles. The van der Waals surface area contributed by atoms with E-state index in [0.717, 1.165) is 0 Å². The van der Waals surface area contributed by atoms with Crippen LogP contribution < -0.4 is 4.90 Å². The van der Waals surface area contributed by atoms with Crippen LogP contribution in [-0.4, -0.2) is 35.0 Å². The van der Waals surface area contributed by atoms with Crippen molar-refractivity contribution in [1.82, 2.24) is 9.78 Å². The molecule has 0 fully saturated rings. The SMILES string of the molecule is CN(C)c1nn(C)cc1C(=O)O. The molecule has 1 rings (SSSR count). The third kappa shape index (κ3) is 1.39. The van der Waals surface area contributed by atoms with Crippen LogP contribution in [0.1, 0.15) is 10.4 Å². The maximum Gasteiger partial charge on any atom is 0.341 e. The summed E-state index contributed by atoms with van der Waals surface area (Å²) < 4.78 is 1.48. The lowest BCUT2D eigenvalue weighted by atomic mass is 10.3. The topological polar surface area (TPSA) is 58.4 Å². The van der Waals surface area contributed by atoms with Gasteiger partial charge in [-0.05, 0) is 0 Å². The summed E-state index contributed by atoms with van der Waals surface area (Å²) >= 11 is 0. The van der Waals surface area contributed by atoms with Crippen LogP contribution in [0.3, 0.4) is 0 Å². The summed E-state index contributed by atoms with van der Waals surface area (Å²) in [5.41, 5.74) is 0.225. The molecular weight excluding hydrogens is 158 g/mol. The van der Waals surface area contributed by atoms with Gasteiger partial charge in [-0.1, -0.05) is 0 Å². The maximum absolute atomic E-state index is 10.7. The molecule has 12 heavy (non-hydrogen) atoms. The lowest BCUT2D eigenvalue weighted by Crippen LogP contribution is -2.13. The van der Waals surface area contributed by atoms with Crippen LogP contribution in [-0.2, 0) is 7.05 Å². The van der Waals surface area contributed by atoms with Gasteiger partial charge < -0.3 is 10.0 Å². The Morgan fingerprint density at radius 3 is 2.58 bits per heavy atom. The van der Waals surface area contributed by atoms with E-state index in [1.807, 2.05) is 0 Å². The molecule has 0 atom stereocenters. The number of aromatic carboxylic acids is 1. The third-order valence-electron chi connectivity index (χ3n) is 1.46. The second-order valence-corrected chi connectivity index (χ2v) is 2.74. The first kappa shape index (κ1) is 8.58. The lowest BCUT2D eigenvalue weighted by Gasteiger charge is -2.08. The first-order chi connectivity index (χ1) is 5.52. The molecule has 1 heterocycles. The average molecular weight is 169 g/mol. The number of carboxylic acids is 1. The summed E-state index contributed by atoms with van der Waals surface area (Å²) in [6, 6.07) is 0. The Labute approximate surface area is 70.2 Å². The van der Waals surface area contributed by atoms with Gasteiger partial charge in [0.05, 0.1) is 0 Å². The minimum atomic E-state index is -0.952. The summed E-state index contributed by atoms with van der Waals surface area (Å²) in [6.07, 6.45) is 1.48. The molecular formula is C7H11N3O2. The standard InChI is InChI=1S/C7H11N3O2/c1-9(2)6-5(7(11)12)4-10(3)8-6/h4H,1-3H3,(H,11,12). The molecule has 0 amide bonds.